The summed E-state index contributed by atoms with van der Waals surface area (Å²) in [5.74, 6) is -0.0960. The molecule has 7 heteroatoms. The van der Waals surface area contributed by atoms with Crippen molar-refractivity contribution in [1.29, 1.82) is 0 Å². The van der Waals surface area contributed by atoms with Gasteiger partial charge in [-0.25, -0.2) is 8.42 Å². The van der Waals surface area contributed by atoms with Crippen LogP contribution in [0.1, 0.15) is 28.8 Å². The molecule has 0 radical (unpaired) electrons. The number of rotatable bonds is 4. The normalized spacial score (nSPS) is 14.6. The van der Waals surface area contributed by atoms with Crippen LogP contribution < -0.4 is 4.72 Å². The molecule has 1 N–H and O–H groups in total. The Labute approximate surface area is 161 Å². The number of hydrogen-bond donors (Lipinski definition) is 1. The third-order valence-corrected chi connectivity index (χ3v) is 6.34. The number of hydrogen-bond acceptors (Lipinski definition) is 3. The van der Waals surface area contributed by atoms with E-state index in [0.717, 1.165) is 35.1 Å². The summed E-state index contributed by atoms with van der Waals surface area (Å²) in [6.45, 7) is 3.29. The second kappa shape index (κ2) is 7.33. The van der Waals surface area contributed by atoms with Crippen LogP contribution in [0, 0.1) is 10.5 Å². The maximum absolute atomic E-state index is 12.7. The van der Waals surface area contributed by atoms with E-state index >= 15 is 0 Å². The summed E-state index contributed by atoms with van der Waals surface area (Å²) in [4.78, 5) is 14.5. The quantitative estimate of drug-likeness (QED) is 0.695. The van der Waals surface area contributed by atoms with E-state index in [4.69, 9.17) is 0 Å². The van der Waals surface area contributed by atoms with Gasteiger partial charge in [0, 0.05) is 27.9 Å². The Morgan fingerprint density at radius 3 is 2.36 bits per heavy atom. The lowest BCUT2D eigenvalue weighted by Crippen LogP contribution is -2.28. The van der Waals surface area contributed by atoms with Crippen LogP contribution >= 0.6 is 22.6 Å². The lowest BCUT2D eigenvalue weighted by atomic mass is 10.1. The van der Waals surface area contributed by atoms with Crippen LogP contribution in [0.5, 0.6) is 0 Å². The van der Waals surface area contributed by atoms with E-state index in [-0.39, 0.29) is 10.8 Å². The van der Waals surface area contributed by atoms with E-state index in [9.17, 15) is 13.2 Å². The monoisotopic (exact) mass is 470 g/mol. The Hall–Kier alpha value is -1.61. The second-order valence-corrected chi connectivity index (χ2v) is 9.02. The molecule has 1 saturated heterocycles. The van der Waals surface area contributed by atoms with Crippen molar-refractivity contribution < 1.29 is 13.2 Å². The highest BCUT2D eigenvalue weighted by Gasteiger charge is 2.23. The number of halogens is 1. The molecule has 25 heavy (non-hydrogen) atoms. The minimum absolute atomic E-state index is 0.0960. The fourth-order valence-corrected chi connectivity index (χ4v) is 4.27. The van der Waals surface area contributed by atoms with Crippen LogP contribution in [0.15, 0.2) is 47.4 Å². The first-order chi connectivity index (χ1) is 11.9. The molecule has 1 heterocycles. The van der Waals surface area contributed by atoms with E-state index in [1.807, 2.05) is 19.1 Å². The molecule has 1 aliphatic heterocycles. The number of nitrogens with zero attached hydrogens (tertiary/aromatic N) is 1. The van der Waals surface area contributed by atoms with Gasteiger partial charge in [0.05, 0.1) is 4.90 Å². The largest absolute Gasteiger partial charge is 0.339 e. The van der Waals surface area contributed by atoms with Crippen molar-refractivity contribution in [3.8, 4) is 0 Å². The molecule has 1 amide bonds. The molecule has 0 unspecified atom stereocenters. The van der Waals surface area contributed by atoms with Crippen LogP contribution in [0.4, 0.5) is 5.69 Å². The predicted molar refractivity (Wildman–Crippen MR) is 106 cm³/mol. The van der Waals surface area contributed by atoms with E-state index in [0.29, 0.717) is 11.3 Å². The number of amides is 1. The molecule has 2 aromatic rings. The average Bonchev–Trinajstić information content (AvgIpc) is 3.11. The Morgan fingerprint density at radius 2 is 1.72 bits per heavy atom. The highest BCUT2D eigenvalue weighted by Crippen LogP contribution is 2.22. The first-order valence-corrected chi connectivity index (χ1v) is 10.6. The Balaban J connectivity index is 1.89. The second-order valence-electron chi connectivity index (χ2n) is 6.09. The van der Waals surface area contributed by atoms with Gasteiger partial charge in [-0.2, -0.15) is 0 Å². The van der Waals surface area contributed by atoms with Crippen molar-refractivity contribution in [3.63, 3.8) is 0 Å². The third-order valence-electron chi connectivity index (χ3n) is 4.24. The van der Waals surface area contributed by atoms with Crippen LogP contribution in [0.25, 0.3) is 0 Å². The van der Waals surface area contributed by atoms with Gasteiger partial charge in [-0.3, -0.25) is 9.52 Å². The molecule has 3 rings (SSSR count). The number of nitrogens with one attached hydrogen (secondary N) is 1. The molecule has 0 spiro atoms. The molecule has 132 valence electrons. The molecule has 5 nitrogen and oxygen atoms in total. The zero-order valence-corrected chi connectivity index (χ0v) is 16.8. The summed E-state index contributed by atoms with van der Waals surface area (Å²) in [6, 6.07) is 11.8. The molecular formula is C18H19IN2O3S. The van der Waals surface area contributed by atoms with Crippen LogP contribution in [-0.4, -0.2) is 32.3 Å². The SMILES string of the molecule is Cc1ccc(S(=O)(=O)Nc2ccc(I)cc2)cc1C(=O)N1CCCC1. The van der Waals surface area contributed by atoms with E-state index in [2.05, 4.69) is 27.3 Å². The number of likely N-dealkylation sites (tertiary alicyclic amines) is 1. The van der Waals surface area contributed by atoms with Crippen molar-refractivity contribution in [2.45, 2.75) is 24.7 Å². The fourth-order valence-electron chi connectivity index (χ4n) is 2.82. The van der Waals surface area contributed by atoms with Gasteiger partial charge < -0.3 is 4.90 Å². The van der Waals surface area contributed by atoms with Crippen molar-refractivity contribution in [1.82, 2.24) is 4.90 Å². The summed E-state index contributed by atoms with van der Waals surface area (Å²) in [5, 5.41) is 0. The number of sulfonamides is 1. The molecule has 1 fully saturated rings. The van der Waals surface area contributed by atoms with Gasteiger partial charge in [-0.1, -0.05) is 6.07 Å². The van der Waals surface area contributed by atoms with Crippen molar-refractivity contribution >= 4 is 44.2 Å². The molecule has 0 atom stereocenters. The molecule has 0 bridgehead atoms. The average molecular weight is 470 g/mol. The van der Waals surface area contributed by atoms with Crippen molar-refractivity contribution in [2.75, 3.05) is 17.8 Å². The lowest BCUT2D eigenvalue weighted by Gasteiger charge is -2.17. The highest BCUT2D eigenvalue weighted by atomic mass is 127. The third kappa shape index (κ3) is 4.14. The highest BCUT2D eigenvalue weighted by molar-refractivity contribution is 14.1. The Bertz CT molecular complexity index is 889. The summed E-state index contributed by atoms with van der Waals surface area (Å²) >= 11 is 2.16. The molecule has 2 aromatic carbocycles. The van der Waals surface area contributed by atoms with Crippen LogP contribution in [-0.2, 0) is 10.0 Å². The summed E-state index contributed by atoms with van der Waals surface area (Å²) in [5.41, 5.74) is 1.73. The number of carbonyl (C=O) groups excluding carboxylic acids is 1. The number of aryl methyl sites for hydroxylation is 1. The molecule has 0 aromatic heterocycles. The first kappa shape index (κ1) is 18.2. The van der Waals surface area contributed by atoms with Gasteiger partial charge in [0.2, 0.25) is 0 Å². The lowest BCUT2D eigenvalue weighted by molar-refractivity contribution is 0.0792. The van der Waals surface area contributed by atoms with Gasteiger partial charge in [0.1, 0.15) is 0 Å². The molecular weight excluding hydrogens is 451 g/mol. The maximum atomic E-state index is 12.7. The van der Waals surface area contributed by atoms with Gasteiger partial charge in [0.25, 0.3) is 15.9 Å². The van der Waals surface area contributed by atoms with Gasteiger partial charge in [-0.15, -0.1) is 0 Å². The zero-order valence-electron chi connectivity index (χ0n) is 13.8. The Kier molecular flexibility index (Phi) is 5.33. The number of anilines is 1. The molecule has 0 aliphatic carbocycles. The van der Waals surface area contributed by atoms with Crippen LogP contribution in [0.2, 0.25) is 0 Å². The Morgan fingerprint density at radius 1 is 1.08 bits per heavy atom. The number of benzene rings is 2. The summed E-state index contributed by atoms with van der Waals surface area (Å²) in [7, 11) is -3.75. The van der Waals surface area contributed by atoms with Gasteiger partial charge in [-0.05, 0) is 84.3 Å². The smallest absolute Gasteiger partial charge is 0.261 e. The zero-order chi connectivity index (χ0) is 18.0. The predicted octanol–water partition coefficient (Wildman–Crippen LogP) is 3.64. The number of carbonyl (C=O) groups is 1. The van der Waals surface area contributed by atoms with E-state index < -0.39 is 10.0 Å². The van der Waals surface area contributed by atoms with Crippen LogP contribution in [0.3, 0.4) is 0 Å². The van der Waals surface area contributed by atoms with E-state index in [1.54, 1.807) is 23.1 Å². The summed E-state index contributed by atoms with van der Waals surface area (Å²) in [6.07, 6.45) is 1.99. The minimum atomic E-state index is -3.75. The molecule has 1 aliphatic rings. The van der Waals surface area contributed by atoms with Gasteiger partial charge >= 0.3 is 0 Å². The minimum Gasteiger partial charge on any atom is -0.339 e. The standard InChI is InChI=1S/C18H19IN2O3S/c1-13-4-9-16(12-17(13)18(22)21-10-2-3-11-21)25(23,24)20-15-7-5-14(19)6-8-15/h4-9,12,20H,2-3,10-11H2,1H3. The summed E-state index contributed by atoms with van der Waals surface area (Å²) < 4.78 is 28.9. The van der Waals surface area contributed by atoms with Crippen molar-refractivity contribution in [2.24, 2.45) is 0 Å². The topological polar surface area (TPSA) is 66.5 Å². The van der Waals surface area contributed by atoms with Gasteiger partial charge in [0.15, 0.2) is 0 Å². The first-order valence-electron chi connectivity index (χ1n) is 8.05. The molecule has 0 saturated carbocycles. The fraction of sp³-hybridized carbons (Fsp3) is 0.278. The maximum Gasteiger partial charge on any atom is 0.261 e. The van der Waals surface area contributed by atoms with E-state index in [1.165, 1.54) is 12.1 Å². The van der Waals surface area contributed by atoms with Crippen molar-refractivity contribution in [3.05, 3.63) is 57.2 Å².